The predicted molar refractivity (Wildman–Crippen MR) is 115 cm³/mol. The molecule has 4 aromatic heterocycles. The minimum absolute atomic E-state index is 0.169. The largest absolute Gasteiger partial charge is 0.332 e. The summed E-state index contributed by atoms with van der Waals surface area (Å²) in [6, 6.07) is 13.5. The highest BCUT2D eigenvalue weighted by Gasteiger charge is 2.25. The van der Waals surface area contributed by atoms with E-state index in [2.05, 4.69) is 20.1 Å². The van der Waals surface area contributed by atoms with Gasteiger partial charge in [0.15, 0.2) is 11.5 Å². The van der Waals surface area contributed by atoms with Gasteiger partial charge in [-0.2, -0.15) is 4.98 Å². The summed E-state index contributed by atoms with van der Waals surface area (Å²) in [5.41, 5.74) is 3.17. The van der Waals surface area contributed by atoms with Crippen LogP contribution in [0.1, 0.15) is 43.1 Å². The maximum absolute atomic E-state index is 13.6. The van der Waals surface area contributed by atoms with Gasteiger partial charge in [0.2, 0.25) is 0 Å². The number of fused-ring (bicyclic) bond motifs is 3. The normalized spacial score (nSPS) is 14.7. The Kier molecular flexibility index (Phi) is 4.15. The second-order valence-electron chi connectivity index (χ2n) is 7.95. The van der Waals surface area contributed by atoms with Gasteiger partial charge >= 0.3 is 0 Å². The number of benzene rings is 1. The van der Waals surface area contributed by atoms with Crippen LogP contribution in [0.2, 0.25) is 0 Å². The van der Waals surface area contributed by atoms with Gasteiger partial charge < -0.3 is 4.52 Å². The van der Waals surface area contributed by atoms with Gasteiger partial charge in [0.05, 0.1) is 23.3 Å². The molecular weight excluding hydrogens is 392 g/mol. The van der Waals surface area contributed by atoms with Crippen molar-refractivity contribution in [3.63, 3.8) is 0 Å². The molecule has 31 heavy (non-hydrogen) atoms. The lowest BCUT2D eigenvalue weighted by Gasteiger charge is -2.12. The van der Waals surface area contributed by atoms with Crippen molar-refractivity contribution < 1.29 is 4.52 Å². The lowest BCUT2D eigenvalue weighted by Crippen LogP contribution is -2.24. The Morgan fingerprint density at radius 2 is 1.81 bits per heavy atom. The molecule has 0 aliphatic heterocycles. The fraction of sp³-hybridized carbons (Fsp3) is 0.261. The molecule has 1 aliphatic carbocycles. The SMILES string of the molecule is O=c1c2c(-c3nc(C4CCCC4)no3)ncn2c2ccccc2n1Cc1ccccn1. The third-order valence-corrected chi connectivity index (χ3v) is 6.06. The summed E-state index contributed by atoms with van der Waals surface area (Å²) in [7, 11) is 0. The van der Waals surface area contributed by atoms with E-state index in [9.17, 15) is 4.79 Å². The van der Waals surface area contributed by atoms with Gasteiger partial charge in [0, 0.05) is 12.1 Å². The number of rotatable bonds is 4. The zero-order valence-electron chi connectivity index (χ0n) is 16.8. The van der Waals surface area contributed by atoms with E-state index in [0.29, 0.717) is 35.4 Å². The number of para-hydroxylation sites is 2. The quantitative estimate of drug-likeness (QED) is 0.446. The van der Waals surface area contributed by atoms with Crippen molar-refractivity contribution >= 4 is 16.6 Å². The lowest BCUT2D eigenvalue weighted by atomic mass is 10.1. The van der Waals surface area contributed by atoms with Crippen LogP contribution < -0.4 is 5.56 Å². The molecule has 0 amide bonds. The van der Waals surface area contributed by atoms with Crippen LogP contribution in [0, 0.1) is 0 Å². The Labute approximate surface area is 177 Å². The molecule has 6 rings (SSSR count). The van der Waals surface area contributed by atoms with Crippen molar-refractivity contribution in [2.45, 2.75) is 38.1 Å². The summed E-state index contributed by atoms with van der Waals surface area (Å²) in [5.74, 6) is 1.33. The van der Waals surface area contributed by atoms with Crippen molar-refractivity contribution in [3.8, 4) is 11.6 Å². The first kappa shape index (κ1) is 18.0. The molecule has 4 heterocycles. The van der Waals surface area contributed by atoms with Crippen molar-refractivity contribution in [2.75, 3.05) is 0 Å². The van der Waals surface area contributed by atoms with Crippen LogP contribution in [0.5, 0.6) is 0 Å². The number of aromatic nitrogens is 6. The van der Waals surface area contributed by atoms with E-state index in [1.807, 2.05) is 42.5 Å². The second kappa shape index (κ2) is 7.16. The summed E-state index contributed by atoms with van der Waals surface area (Å²) < 4.78 is 9.09. The molecule has 1 aromatic carbocycles. The predicted octanol–water partition coefficient (Wildman–Crippen LogP) is 3.80. The molecule has 8 heteroatoms. The smallest absolute Gasteiger partial charge is 0.278 e. The minimum atomic E-state index is -0.169. The van der Waals surface area contributed by atoms with Crippen LogP contribution in [0.25, 0.3) is 28.1 Å². The van der Waals surface area contributed by atoms with Crippen LogP contribution in [-0.2, 0) is 6.54 Å². The van der Waals surface area contributed by atoms with Crippen molar-refractivity contribution in [3.05, 3.63) is 76.9 Å². The fourth-order valence-electron chi connectivity index (χ4n) is 4.52. The van der Waals surface area contributed by atoms with E-state index in [0.717, 1.165) is 29.6 Å². The maximum atomic E-state index is 13.6. The Morgan fingerprint density at radius 3 is 2.61 bits per heavy atom. The van der Waals surface area contributed by atoms with Gasteiger partial charge in [0.25, 0.3) is 11.4 Å². The van der Waals surface area contributed by atoms with Crippen molar-refractivity contribution in [2.24, 2.45) is 0 Å². The number of pyridine rings is 1. The molecule has 5 aromatic rings. The van der Waals surface area contributed by atoms with E-state index in [1.54, 1.807) is 21.5 Å². The summed E-state index contributed by atoms with van der Waals surface area (Å²) >= 11 is 0. The maximum Gasteiger partial charge on any atom is 0.278 e. The number of hydrogen-bond donors (Lipinski definition) is 0. The Hall–Kier alpha value is -3.81. The van der Waals surface area contributed by atoms with Crippen LogP contribution in [-0.4, -0.2) is 29.1 Å². The Bertz CT molecular complexity index is 1440. The zero-order chi connectivity index (χ0) is 20.8. The molecule has 154 valence electrons. The van der Waals surface area contributed by atoms with Crippen molar-refractivity contribution in [1.82, 2.24) is 29.1 Å². The fourth-order valence-corrected chi connectivity index (χ4v) is 4.52. The molecular formula is C23H20N6O2. The molecule has 1 fully saturated rings. The van der Waals surface area contributed by atoms with E-state index in [4.69, 9.17) is 4.52 Å². The van der Waals surface area contributed by atoms with E-state index in [1.165, 1.54) is 12.8 Å². The first-order chi connectivity index (χ1) is 15.3. The number of imidazole rings is 1. The van der Waals surface area contributed by atoms with Gasteiger partial charge in [-0.1, -0.05) is 36.2 Å². The average Bonchev–Trinajstić information content (AvgIpc) is 3.57. The lowest BCUT2D eigenvalue weighted by molar-refractivity contribution is 0.415. The molecule has 0 bridgehead atoms. The molecule has 0 N–H and O–H groups in total. The third kappa shape index (κ3) is 2.94. The topological polar surface area (TPSA) is 91.1 Å². The second-order valence-corrected chi connectivity index (χ2v) is 7.95. The highest BCUT2D eigenvalue weighted by atomic mass is 16.5. The van der Waals surface area contributed by atoms with E-state index in [-0.39, 0.29) is 5.56 Å². The average molecular weight is 412 g/mol. The van der Waals surface area contributed by atoms with Gasteiger partial charge in [-0.25, -0.2) is 4.98 Å². The molecule has 0 spiro atoms. The van der Waals surface area contributed by atoms with Crippen LogP contribution in [0.4, 0.5) is 0 Å². The van der Waals surface area contributed by atoms with Gasteiger partial charge in [-0.15, -0.1) is 0 Å². The van der Waals surface area contributed by atoms with Gasteiger partial charge in [-0.3, -0.25) is 18.7 Å². The summed E-state index contributed by atoms with van der Waals surface area (Å²) in [5, 5.41) is 4.19. The van der Waals surface area contributed by atoms with E-state index >= 15 is 0 Å². The molecule has 0 unspecified atom stereocenters. The van der Waals surface area contributed by atoms with Gasteiger partial charge in [-0.05, 0) is 37.1 Å². The number of hydrogen-bond acceptors (Lipinski definition) is 6. The molecule has 1 aliphatic rings. The molecule has 0 saturated heterocycles. The minimum Gasteiger partial charge on any atom is -0.332 e. The monoisotopic (exact) mass is 412 g/mol. The first-order valence-corrected chi connectivity index (χ1v) is 10.5. The Balaban J connectivity index is 1.56. The van der Waals surface area contributed by atoms with Crippen LogP contribution in [0.15, 0.2) is 64.3 Å². The zero-order valence-corrected chi connectivity index (χ0v) is 16.8. The first-order valence-electron chi connectivity index (χ1n) is 10.5. The highest BCUT2D eigenvalue weighted by molar-refractivity contribution is 5.83. The molecule has 0 atom stereocenters. The molecule has 0 radical (unpaired) electrons. The van der Waals surface area contributed by atoms with Crippen molar-refractivity contribution in [1.29, 1.82) is 0 Å². The highest BCUT2D eigenvalue weighted by Crippen LogP contribution is 2.33. The molecule has 8 nitrogen and oxygen atoms in total. The summed E-state index contributed by atoms with van der Waals surface area (Å²) in [4.78, 5) is 27.2. The van der Waals surface area contributed by atoms with Gasteiger partial charge in [0.1, 0.15) is 11.8 Å². The standard InChI is InChI=1S/C23H20N6O2/c30-23-20-19(22-26-21(27-31-22)15-7-1-2-8-15)25-14-29(20)18-11-4-3-10-17(18)28(23)13-16-9-5-6-12-24-16/h3-6,9-12,14-15H,1-2,7-8,13H2. The Morgan fingerprint density at radius 1 is 1.00 bits per heavy atom. The summed E-state index contributed by atoms with van der Waals surface area (Å²) in [6.45, 7) is 0.360. The van der Waals surface area contributed by atoms with Crippen LogP contribution in [0.3, 0.4) is 0 Å². The summed E-state index contributed by atoms with van der Waals surface area (Å²) in [6.07, 6.45) is 7.90. The number of nitrogens with zero attached hydrogens (tertiary/aromatic N) is 6. The third-order valence-electron chi connectivity index (χ3n) is 6.06. The van der Waals surface area contributed by atoms with Crippen LogP contribution >= 0.6 is 0 Å². The van der Waals surface area contributed by atoms with E-state index < -0.39 is 0 Å². The molecule has 1 saturated carbocycles.